The first kappa shape index (κ1) is 13.2. The molecular weight excluding hydrogens is 220 g/mol. The van der Waals surface area contributed by atoms with Crippen molar-refractivity contribution >= 4 is 11.8 Å². The molecule has 2 N–H and O–H groups in total. The molecule has 0 radical (unpaired) electrons. The van der Waals surface area contributed by atoms with Crippen molar-refractivity contribution < 1.29 is 14.4 Å². The third kappa shape index (κ3) is 5.67. The van der Waals surface area contributed by atoms with E-state index in [0.29, 0.717) is 6.42 Å². The van der Waals surface area contributed by atoms with Gasteiger partial charge in [-0.1, -0.05) is 30.3 Å². The van der Waals surface area contributed by atoms with Crippen LogP contribution in [-0.4, -0.2) is 18.0 Å². The van der Waals surface area contributed by atoms with Gasteiger partial charge in [0, 0.05) is 20.3 Å². The Morgan fingerprint density at radius 1 is 1.18 bits per heavy atom. The summed E-state index contributed by atoms with van der Waals surface area (Å²) in [5, 5.41) is 2.61. The standard InChI is InChI=1S/C12H16N2O3/c1-9(15)13-12(17-14-10(2)16)8-11-6-4-3-5-7-11/h3-7,12H,8H2,1-2H3,(H,13,15)(H,14,16). The summed E-state index contributed by atoms with van der Waals surface area (Å²) in [6, 6.07) is 9.56. The molecule has 0 fully saturated rings. The lowest BCUT2D eigenvalue weighted by atomic mass is 10.1. The van der Waals surface area contributed by atoms with Crippen molar-refractivity contribution in [2.45, 2.75) is 26.5 Å². The Labute approximate surface area is 100 Å². The van der Waals surface area contributed by atoms with E-state index < -0.39 is 6.23 Å². The first-order valence-corrected chi connectivity index (χ1v) is 5.31. The fourth-order valence-corrected chi connectivity index (χ4v) is 1.33. The van der Waals surface area contributed by atoms with Crippen LogP contribution in [0.3, 0.4) is 0 Å². The summed E-state index contributed by atoms with van der Waals surface area (Å²) in [6.45, 7) is 2.74. The highest BCUT2D eigenvalue weighted by Crippen LogP contribution is 2.03. The fraction of sp³-hybridized carbons (Fsp3) is 0.333. The number of hydroxylamine groups is 1. The monoisotopic (exact) mass is 236 g/mol. The Balaban J connectivity index is 2.56. The van der Waals surface area contributed by atoms with Crippen LogP contribution in [0, 0.1) is 0 Å². The predicted molar refractivity (Wildman–Crippen MR) is 62.7 cm³/mol. The molecule has 0 aromatic heterocycles. The van der Waals surface area contributed by atoms with E-state index in [2.05, 4.69) is 10.8 Å². The molecule has 1 aromatic rings. The Morgan fingerprint density at radius 2 is 1.82 bits per heavy atom. The molecule has 1 aromatic carbocycles. The lowest BCUT2D eigenvalue weighted by molar-refractivity contribution is -0.142. The van der Waals surface area contributed by atoms with Crippen LogP contribution in [0.2, 0.25) is 0 Å². The number of hydrogen-bond donors (Lipinski definition) is 2. The van der Waals surface area contributed by atoms with E-state index in [0.717, 1.165) is 5.56 Å². The topological polar surface area (TPSA) is 67.4 Å². The van der Waals surface area contributed by atoms with Crippen LogP contribution in [0.4, 0.5) is 0 Å². The van der Waals surface area contributed by atoms with Gasteiger partial charge in [-0.3, -0.25) is 9.59 Å². The molecule has 0 spiro atoms. The van der Waals surface area contributed by atoms with E-state index in [1.54, 1.807) is 0 Å². The van der Waals surface area contributed by atoms with Gasteiger partial charge in [0.25, 0.3) is 0 Å². The zero-order valence-electron chi connectivity index (χ0n) is 9.90. The average molecular weight is 236 g/mol. The minimum absolute atomic E-state index is 0.212. The summed E-state index contributed by atoms with van der Waals surface area (Å²) in [6.07, 6.45) is -0.0838. The molecule has 0 saturated heterocycles. The van der Waals surface area contributed by atoms with Gasteiger partial charge in [0.15, 0.2) is 6.23 Å². The minimum atomic E-state index is -0.571. The van der Waals surface area contributed by atoms with Gasteiger partial charge in [-0.25, -0.2) is 10.3 Å². The minimum Gasteiger partial charge on any atom is -0.329 e. The number of carbonyl (C=O) groups excluding carboxylic acids is 2. The largest absolute Gasteiger partial charge is 0.329 e. The van der Waals surface area contributed by atoms with Crippen LogP contribution in [0.15, 0.2) is 30.3 Å². The molecule has 1 atom stereocenters. The van der Waals surface area contributed by atoms with Gasteiger partial charge in [0.1, 0.15) is 0 Å². The number of rotatable bonds is 5. The normalized spacial score (nSPS) is 11.6. The second-order valence-electron chi connectivity index (χ2n) is 3.65. The van der Waals surface area contributed by atoms with Crippen molar-refractivity contribution in [2.75, 3.05) is 0 Å². The van der Waals surface area contributed by atoms with E-state index in [1.807, 2.05) is 30.3 Å². The van der Waals surface area contributed by atoms with Gasteiger partial charge in [0.2, 0.25) is 11.8 Å². The second-order valence-corrected chi connectivity index (χ2v) is 3.65. The van der Waals surface area contributed by atoms with Gasteiger partial charge >= 0.3 is 0 Å². The van der Waals surface area contributed by atoms with Gasteiger partial charge in [-0.05, 0) is 5.56 Å². The van der Waals surface area contributed by atoms with Crippen LogP contribution in [0.25, 0.3) is 0 Å². The van der Waals surface area contributed by atoms with Crippen molar-refractivity contribution in [2.24, 2.45) is 0 Å². The molecule has 5 nitrogen and oxygen atoms in total. The smallest absolute Gasteiger partial charge is 0.240 e. The molecular formula is C12H16N2O3. The Morgan fingerprint density at radius 3 is 2.35 bits per heavy atom. The average Bonchev–Trinajstić information content (AvgIpc) is 2.26. The molecule has 2 amide bonds. The zero-order valence-corrected chi connectivity index (χ0v) is 9.90. The van der Waals surface area contributed by atoms with Crippen molar-refractivity contribution in [3.05, 3.63) is 35.9 Å². The third-order valence-electron chi connectivity index (χ3n) is 1.97. The maximum Gasteiger partial charge on any atom is 0.240 e. The van der Waals surface area contributed by atoms with Crippen LogP contribution in [-0.2, 0) is 20.8 Å². The number of amides is 2. The van der Waals surface area contributed by atoms with Gasteiger partial charge in [0.05, 0.1) is 0 Å². The van der Waals surface area contributed by atoms with Crippen LogP contribution < -0.4 is 10.8 Å². The molecule has 1 unspecified atom stereocenters. The summed E-state index contributed by atoms with van der Waals surface area (Å²) < 4.78 is 0. The number of carbonyl (C=O) groups is 2. The third-order valence-corrected chi connectivity index (χ3v) is 1.97. The van der Waals surface area contributed by atoms with E-state index in [1.165, 1.54) is 13.8 Å². The van der Waals surface area contributed by atoms with Gasteiger partial charge in [-0.2, -0.15) is 0 Å². The number of hydrogen-bond acceptors (Lipinski definition) is 3. The summed E-state index contributed by atoms with van der Waals surface area (Å²) in [5.41, 5.74) is 3.23. The first-order valence-electron chi connectivity index (χ1n) is 5.31. The maximum absolute atomic E-state index is 11.0. The fourth-order valence-electron chi connectivity index (χ4n) is 1.33. The van der Waals surface area contributed by atoms with Gasteiger partial charge in [-0.15, -0.1) is 0 Å². The quantitative estimate of drug-likeness (QED) is 0.586. The van der Waals surface area contributed by atoms with Gasteiger partial charge < -0.3 is 5.32 Å². The Hall–Kier alpha value is -1.88. The van der Waals surface area contributed by atoms with E-state index >= 15 is 0 Å². The molecule has 1 rings (SSSR count). The summed E-state index contributed by atoms with van der Waals surface area (Å²) in [4.78, 5) is 26.8. The van der Waals surface area contributed by atoms with Crippen LogP contribution in [0.1, 0.15) is 19.4 Å². The highest BCUT2D eigenvalue weighted by Gasteiger charge is 2.12. The Bertz CT molecular complexity index is 379. The van der Waals surface area contributed by atoms with Crippen molar-refractivity contribution in [3.8, 4) is 0 Å². The van der Waals surface area contributed by atoms with Crippen molar-refractivity contribution in [3.63, 3.8) is 0 Å². The van der Waals surface area contributed by atoms with E-state index in [4.69, 9.17) is 4.84 Å². The van der Waals surface area contributed by atoms with E-state index in [9.17, 15) is 9.59 Å². The molecule has 0 heterocycles. The molecule has 0 aliphatic heterocycles. The molecule has 17 heavy (non-hydrogen) atoms. The molecule has 0 saturated carbocycles. The summed E-state index contributed by atoms with van der Waals surface area (Å²) >= 11 is 0. The maximum atomic E-state index is 11.0. The second kappa shape index (κ2) is 6.65. The first-order chi connectivity index (χ1) is 8.08. The molecule has 5 heteroatoms. The Kier molecular flexibility index (Phi) is 5.16. The number of nitrogens with one attached hydrogen (secondary N) is 2. The summed E-state index contributed by atoms with van der Waals surface area (Å²) in [7, 11) is 0. The SMILES string of the molecule is CC(=O)NOC(Cc1ccccc1)NC(C)=O. The van der Waals surface area contributed by atoms with Crippen LogP contribution >= 0.6 is 0 Å². The number of benzene rings is 1. The van der Waals surface area contributed by atoms with Crippen LogP contribution in [0.5, 0.6) is 0 Å². The van der Waals surface area contributed by atoms with Crippen molar-refractivity contribution in [1.82, 2.24) is 10.8 Å². The molecule has 0 aliphatic rings. The lowest BCUT2D eigenvalue weighted by Gasteiger charge is -2.17. The predicted octanol–water partition coefficient (Wildman–Crippen LogP) is 0.759. The molecule has 92 valence electrons. The zero-order chi connectivity index (χ0) is 12.7. The highest BCUT2D eigenvalue weighted by atomic mass is 16.7. The summed E-state index contributed by atoms with van der Waals surface area (Å²) in [5.74, 6) is -0.523. The van der Waals surface area contributed by atoms with E-state index in [-0.39, 0.29) is 11.8 Å². The molecule has 0 aliphatic carbocycles. The highest BCUT2D eigenvalue weighted by molar-refractivity contribution is 5.73. The lowest BCUT2D eigenvalue weighted by Crippen LogP contribution is -2.41. The van der Waals surface area contributed by atoms with Crippen molar-refractivity contribution in [1.29, 1.82) is 0 Å². The molecule has 0 bridgehead atoms.